The number of carbonyl (C=O) groups is 1. The maximum atomic E-state index is 12.3. The van der Waals surface area contributed by atoms with Crippen LogP contribution in [0.15, 0.2) is 53.1 Å². The smallest absolute Gasteiger partial charge is 0.257 e. The summed E-state index contributed by atoms with van der Waals surface area (Å²) in [7, 11) is 0. The van der Waals surface area contributed by atoms with Crippen molar-refractivity contribution in [1.82, 2.24) is 4.98 Å². The molecule has 1 aromatic heterocycles. The molecule has 0 saturated heterocycles. The Hall–Kier alpha value is -1.78. The Balaban J connectivity index is 1.92. The first-order valence-electron chi connectivity index (χ1n) is 5.97. The topological polar surface area (TPSA) is 44.9 Å². The molecule has 0 unspecified atom stereocenters. The van der Waals surface area contributed by atoms with E-state index in [0.29, 0.717) is 10.6 Å². The van der Waals surface area contributed by atoms with E-state index in [1.807, 2.05) is 30.3 Å². The Morgan fingerprint density at radius 3 is 2.65 bits per heavy atom. The van der Waals surface area contributed by atoms with Crippen LogP contribution in [0.25, 0.3) is 10.9 Å². The van der Waals surface area contributed by atoms with Crippen LogP contribution in [0.1, 0.15) is 10.4 Å². The quantitative estimate of drug-likeness (QED) is 0.683. The summed E-state index contributed by atoms with van der Waals surface area (Å²) < 4.78 is 0.967. The van der Waals surface area contributed by atoms with E-state index >= 15 is 0 Å². The van der Waals surface area contributed by atoms with Gasteiger partial charge in [-0.3, -0.25) is 4.79 Å². The standard InChI is InChI=1S/C15H10BrClN2O/c16-9-1-4-11(5-2-9)19-15(20)13-8-18-14-6-3-10(17)7-12(13)14/h1-8,18H,(H,19,20). The second kappa shape index (κ2) is 5.31. The predicted molar refractivity (Wildman–Crippen MR) is 85.4 cm³/mol. The van der Waals surface area contributed by atoms with Gasteiger partial charge in [-0.25, -0.2) is 0 Å². The van der Waals surface area contributed by atoms with E-state index in [-0.39, 0.29) is 5.91 Å². The first-order chi connectivity index (χ1) is 9.63. The first kappa shape index (κ1) is 13.2. The molecule has 1 heterocycles. The zero-order valence-electron chi connectivity index (χ0n) is 10.3. The number of halogens is 2. The number of rotatable bonds is 2. The monoisotopic (exact) mass is 348 g/mol. The zero-order chi connectivity index (χ0) is 14.1. The molecule has 0 atom stereocenters. The molecule has 5 heteroatoms. The number of amides is 1. The average molecular weight is 350 g/mol. The average Bonchev–Trinajstić information content (AvgIpc) is 2.84. The van der Waals surface area contributed by atoms with Crippen LogP contribution in [-0.4, -0.2) is 10.9 Å². The molecule has 0 aliphatic carbocycles. The Bertz CT molecular complexity index is 780. The summed E-state index contributed by atoms with van der Waals surface area (Å²) in [5.74, 6) is -0.166. The van der Waals surface area contributed by atoms with Crippen LogP contribution in [0, 0.1) is 0 Å². The number of aromatic nitrogens is 1. The number of hydrogen-bond acceptors (Lipinski definition) is 1. The molecule has 0 aliphatic heterocycles. The molecule has 0 fully saturated rings. The Morgan fingerprint density at radius 2 is 1.90 bits per heavy atom. The minimum atomic E-state index is -0.166. The highest BCUT2D eigenvalue weighted by Gasteiger charge is 2.12. The lowest BCUT2D eigenvalue weighted by Gasteiger charge is -2.04. The van der Waals surface area contributed by atoms with Crippen molar-refractivity contribution in [3.63, 3.8) is 0 Å². The molecule has 3 rings (SSSR count). The Kier molecular flexibility index (Phi) is 3.51. The summed E-state index contributed by atoms with van der Waals surface area (Å²) in [6, 6.07) is 12.9. The van der Waals surface area contributed by atoms with E-state index in [0.717, 1.165) is 21.1 Å². The van der Waals surface area contributed by atoms with Gasteiger partial charge in [-0.15, -0.1) is 0 Å². The van der Waals surface area contributed by atoms with Gasteiger partial charge in [-0.1, -0.05) is 27.5 Å². The third-order valence-electron chi connectivity index (χ3n) is 2.99. The molecule has 2 N–H and O–H groups in total. The second-order valence-corrected chi connectivity index (χ2v) is 5.71. The predicted octanol–water partition coefficient (Wildman–Crippen LogP) is 4.84. The van der Waals surface area contributed by atoms with Gasteiger partial charge in [-0.2, -0.15) is 0 Å². The molecule has 0 radical (unpaired) electrons. The molecule has 0 spiro atoms. The number of fused-ring (bicyclic) bond motifs is 1. The van der Waals surface area contributed by atoms with Crippen LogP contribution in [0.2, 0.25) is 5.02 Å². The molecular formula is C15H10BrClN2O. The van der Waals surface area contributed by atoms with E-state index in [9.17, 15) is 4.79 Å². The molecule has 0 saturated carbocycles. The van der Waals surface area contributed by atoms with Crippen molar-refractivity contribution in [2.75, 3.05) is 5.32 Å². The highest BCUT2D eigenvalue weighted by atomic mass is 79.9. The van der Waals surface area contributed by atoms with Gasteiger partial charge < -0.3 is 10.3 Å². The van der Waals surface area contributed by atoms with Crippen molar-refractivity contribution >= 4 is 50.0 Å². The highest BCUT2D eigenvalue weighted by Crippen LogP contribution is 2.23. The van der Waals surface area contributed by atoms with E-state index in [1.54, 1.807) is 18.3 Å². The van der Waals surface area contributed by atoms with Crippen molar-refractivity contribution in [3.8, 4) is 0 Å². The first-order valence-corrected chi connectivity index (χ1v) is 7.14. The van der Waals surface area contributed by atoms with E-state index in [1.165, 1.54) is 0 Å². The summed E-state index contributed by atoms with van der Waals surface area (Å²) >= 11 is 9.34. The maximum Gasteiger partial charge on any atom is 0.257 e. The van der Waals surface area contributed by atoms with Gasteiger partial charge >= 0.3 is 0 Å². The fraction of sp³-hybridized carbons (Fsp3) is 0. The SMILES string of the molecule is O=C(Nc1ccc(Br)cc1)c1c[nH]c2ccc(Cl)cc12. The van der Waals surface area contributed by atoms with Gasteiger partial charge in [0.1, 0.15) is 0 Å². The number of nitrogens with one attached hydrogen (secondary N) is 2. The van der Waals surface area contributed by atoms with Gasteiger partial charge in [0.2, 0.25) is 0 Å². The zero-order valence-corrected chi connectivity index (χ0v) is 12.6. The lowest BCUT2D eigenvalue weighted by Crippen LogP contribution is -2.11. The minimum Gasteiger partial charge on any atom is -0.360 e. The van der Waals surface area contributed by atoms with Gasteiger partial charge in [0.15, 0.2) is 0 Å². The van der Waals surface area contributed by atoms with Crippen LogP contribution >= 0.6 is 27.5 Å². The van der Waals surface area contributed by atoms with Crippen LogP contribution in [0.3, 0.4) is 0 Å². The molecule has 20 heavy (non-hydrogen) atoms. The van der Waals surface area contributed by atoms with Crippen molar-refractivity contribution in [2.45, 2.75) is 0 Å². The lowest BCUT2D eigenvalue weighted by molar-refractivity contribution is 0.102. The third kappa shape index (κ3) is 2.57. The molecule has 2 aromatic carbocycles. The summed E-state index contributed by atoms with van der Waals surface area (Å²) in [5, 5.41) is 4.28. The molecule has 1 amide bonds. The lowest BCUT2D eigenvalue weighted by atomic mass is 10.1. The Morgan fingerprint density at radius 1 is 1.15 bits per heavy atom. The van der Waals surface area contributed by atoms with Crippen LogP contribution in [0.4, 0.5) is 5.69 Å². The number of anilines is 1. The van der Waals surface area contributed by atoms with Gasteiger partial charge in [0.05, 0.1) is 5.56 Å². The molecule has 3 nitrogen and oxygen atoms in total. The maximum absolute atomic E-state index is 12.3. The molecule has 100 valence electrons. The summed E-state index contributed by atoms with van der Waals surface area (Å²) in [6.07, 6.45) is 1.69. The van der Waals surface area contributed by atoms with Crippen molar-refractivity contribution in [3.05, 3.63) is 63.7 Å². The second-order valence-electron chi connectivity index (χ2n) is 4.35. The van der Waals surface area contributed by atoms with Gasteiger partial charge in [-0.05, 0) is 42.5 Å². The largest absolute Gasteiger partial charge is 0.360 e. The molecule has 0 bridgehead atoms. The van der Waals surface area contributed by atoms with E-state index in [4.69, 9.17) is 11.6 Å². The van der Waals surface area contributed by atoms with Crippen molar-refractivity contribution in [2.24, 2.45) is 0 Å². The number of aromatic amines is 1. The fourth-order valence-corrected chi connectivity index (χ4v) is 2.45. The molecule has 3 aromatic rings. The van der Waals surface area contributed by atoms with Crippen LogP contribution in [0.5, 0.6) is 0 Å². The number of benzene rings is 2. The van der Waals surface area contributed by atoms with E-state index in [2.05, 4.69) is 26.2 Å². The number of carbonyl (C=O) groups excluding carboxylic acids is 1. The van der Waals surface area contributed by atoms with Gasteiger partial charge in [0, 0.05) is 32.3 Å². The summed E-state index contributed by atoms with van der Waals surface area (Å²) in [6.45, 7) is 0. The van der Waals surface area contributed by atoms with Crippen molar-refractivity contribution in [1.29, 1.82) is 0 Å². The summed E-state index contributed by atoms with van der Waals surface area (Å²) in [5.41, 5.74) is 2.20. The third-order valence-corrected chi connectivity index (χ3v) is 3.75. The van der Waals surface area contributed by atoms with Crippen LogP contribution in [-0.2, 0) is 0 Å². The number of hydrogen-bond donors (Lipinski definition) is 2. The molecule has 0 aliphatic rings. The fourth-order valence-electron chi connectivity index (χ4n) is 2.01. The summed E-state index contributed by atoms with van der Waals surface area (Å²) in [4.78, 5) is 15.4. The number of H-pyrrole nitrogens is 1. The van der Waals surface area contributed by atoms with E-state index < -0.39 is 0 Å². The van der Waals surface area contributed by atoms with Gasteiger partial charge in [0.25, 0.3) is 5.91 Å². The van der Waals surface area contributed by atoms with Crippen molar-refractivity contribution < 1.29 is 4.79 Å². The normalized spacial score (nSPS) is 10.7. The van der Waals surface area contributed by atoms with Crippen LogP contribution < -0.4 is 5.32 Å². The highest BCUT2D eigenvalue weighted by molar-refractivity contribution is 9.10. The molecular weight excluding hydrogens is 340 g/mol. The Labute approximate surface area is 129 Å². The minimum absolute atomic E-state index is 0.166.